The van der Waals surface area contributed by atoms with E-state index in [2.05, 4.69) is 49.6 Å². The molecule has 2 aromatic carbocycles. The highest BCUT2D eigenvalue weighted by Crippen LogP contribution is 2.31. The Hall–Kier alpha value is -4.18. The van der Waals surface area contributed by atoms with Crippen LogP contribution in [0, 0.1) is 5.92 Å². The van der Waals surface area contributed by atoms with Crippen LogP contribution in [-0.4, -0.2) is 57.8 Å². The molecule has 1 atom stereocenters. The Morgan fingerprint density at radius 2 is 1.89 bits per heavy atom. The van der Waals surface area contributed by atoms with Crippen LogP contribution in [0.2, 0.25) is 0 Å². The minimum atomic E-state index is -0.0718. The van der Waals surface area contributed by atoms with Gasteiger partial charge in [-0.05, 0) is 48.7 Å². The number of amides is 1. The Labute approximate surface area is 221 Å². The van der Waals surface area contributed by atoms with E-state index in [-0.39, 0.29) is 11.8 Å². The van der Waals surface area contributed by atoms with Gasteiger partial charge in [0.05, 0.1) is 33.0 Å². The molecule has 0 spiro atoms. The molecular formula is C28H32N6O4. The summed E-state index contributed by atoms with van der Waals surface area (Å²) in [5.74, 6) is 2.26. The molecule has 1 saturated heterocycles. The smallest absolute Gasteiger partial charge is 0.241 e. The number of nitrogens with zero attached hydrogens (tertiary/aromatic N) is 5. The summed E-state index contributed by atoms with van der Waals surface area (Å²) in [6, 6.07) is 13.8. The quantitative estimate of drug-likeness (QED) is 0.341. The van der Waals surface area contributed by atoms with Gasteiger partial charge in [-0.2, -0.15) is 4.98 Å². The number of hydrogen-bond acceptors (Lipinski definition) is 8. The number of methoxy groups -OCH3 is 2. The Kier molecular flexibility index (Phi) is 7.98. The standard InChI is InChI=1S/C28H32N6O4/c1-36-24-10-9-22(14-25(24)37-2)27-31-26(38-32-27)18-33-12-3-4-23(17-33)28(35)30-15-20-5-7-21(8-6-20)16-34-13-11-29-19-34/h5-11,13-14,19,23H,3-4,12,15-18H2,1-2H3,(H,30,35). The molecule has 38 heavy (non-hydrogen) atoms. The molecule has 0 aliphatic carbocycles. The number of benzene rings is 2. The summed E-state index contributed by atoms with van der Waals surface area (Å²) in [6.07, 6.45) is 7.33. The van der Waals surface area contributed by atoms with Gasteiger partial charge >= 0.3 is 0 Å². The van der Waals surface area contributed by atoms with Crippen LogP contribution in [0.15, 0.2) is 65.7 Å². The Balaban J connectivity index is 1.12. The number of imidazole rings is 1. The highest BCUT2D eigenvalue weighted by molar-refractivity contribution is 5.79. The van der Waals surface area contributed by atoms with E-state index >= 15 is 0 Å². The monoisotopic (exact) mass is 516 g/mol. The van der Waals surface area contributed by atoms with E-state index in [1.54, 1.807) is 26.7 Å². The first kappa shape index (κ1) is 25.5. The van der Waals surface area contributed by atoms with Gasteiger partial charge in [-0.3, -0.25) is 9.69 Å². The normalized spacial score (nSPS) is 15.8. The number of carbonyl (C=O) groups is 1. The maximum absolute atomic E-state index is 12.9. The second-order valence-corrected chi connectivity index (χ2v) is 9.43. The SMILES string of the molecule is COc1ccc(-c2noc(CN3CCCC(C(=O)NCc4ccc(Cn5ccnc5)cc4)C3)n2)cc1OC. The first-order valence-corrected chi connectivity index (χ1v) is 12.7. The van der Waals surface area contributed by atoms with Gasteiger partial charge in [-0.25, -0.2) is 4.98 Å². The van der Waals surface area contributed by atoms with Crippen LogP contribution < -0.4 is 14.8 Å². The van der Waals surface area contributed by atoms with Gasteiger partial charge < -0.3 is 23.9 Å². The zero-order valence-electron chi connectivity index (χ0n) is 21.7. The summed E-state index contributed by atoms with van der Waals surface area (Å²) in [6.45, 7) is 3.34. The summed E-state index contributed by atoms with van der Waals surface area (Å²) in [5, 5.41) is 7.24. The fraction of sp³-hybridized carbons (Fsp3) is 0.357. The molecule has 2 aromatic heterocycles. The summed E-state index contributed by atoms with van der Waals surface area (Å²) in [5.41, 5.74) is 3.05. The molecule has 1 fully saturated rings. The number of hydrogen-bond donors (Lipinski definition) is 1. The van der Waals surface area contributed by atoms with E-state index in [0.29, 0.717) is 42.8 Å². The van der Waals surface area contributed by atoms with E-state index in [9.17, 15) is 4.79 Å². The maximum Gasteiger partial charge on any atom is 0.241 e. The molecule has 4 aromatic rings. The summed E-state index contributed by atoms with van der Waals surface area (Å²) in [4.78, 5) is 23.8. The van der Waals surface area contributed by atoms with Crippen molar-refractivity contribution in [1.82, 2.24) is 29.9 Å². The second-order valence-electron chi connectivity index (χ2n) is 9.43. The van der Waals surface area contributed by atoms with Crippen LogP contribution in [0.4, 0.5) is 0 Å². The van der Waals surface area contributed by atoms with E-state index in [1.807, 2.05) is 29.0 Å². The number of ether oxygens (including phenoxy) is 2. The minimum absolute atomic E-state index is 0.0718. The molecule has 3 heterocycles. The number of carbonyl (C=O) groups excluding carboxylic acids is 1. The molecule has 1 unspecified atom stereocenters. The molecule has 5 rings (SSSR count). The lowest BCUT2D eigenvalue weighted by Gasteiger charge is -2.30. The Bertz CT molecular complexity index is 1340. The van der Waals surface area contributed by atoms with E-state index in [0.717, 1.165) is 37.1 Å². The van der Waals surface area contributed by atoms with E-state index < -0.39 is 0 Å². The summed E-state index contributed by atoms with van der Waals surface area (Å²) in [7, 11) is 3.18. The molecule has 1 N–H and O–H groups in total. The Morgan fingerprint density at radius 3 is 2.66 bits per heavy atom. The maximum atomic E-state index is 12.9. The van der Waals surface area contributed by atoms with Crippen molar-refractivity contribution in [3.63, 3.8) is 0 Å². The third-order valence-corrected chi connectivity index (χ3v) is 6.76. The lowest BCUT2D eigenvalue weighted by atomic mass is 9.97. The van der Waals surface area contributed by atoms with Crippen molar-refractivity contribution in [3.05, 3.63) is 78.2 Å². The first-order valence-electron chi connectivity index (χ1n) is 12.7. The molecular weight excluding hydrogens is 484 g/mol. The molecule has 1 amide bonds. The molecule has 0 bridgehead atoms. The van der Waals surface area contributed by atoms with Crippen LogP contribution in [0.5, 0.6) is 11.5 Å². The molecule has 198 valence electrons. The number of nitrogens with one attached hydrogen (secondary N) is 1. The van der Waals surface area contributed by atoms with Crippen molar-refractivity contribution >= 4 is 5.91 Å². The van der Waals surface area contributed by atoms with Crippen LogP contribution in [0.25, 0.3) is 11.4 Å². The highest BCUT2D eigenvalue weighted by atomic mass is 16.5. The third kappa shape index (κ3) is 6.20. The average Bonchev–Trinajstić information content (AvgIpc) is 3.65. The number of aromatic nitrogens is 4. The van der Waals surface area contributed by atoms with Crippen LogP contribution >= 0.6 is 0 Å². The van der Waals surface area contributed by atoms with Gasteiger partial charge in [0, 0.05) is 37.6 Å². The fourth-order valence-electron chi connectivity index (χ4n) is 4.70. The minimum Gasteiger partial charge on any atom is -0.493 e. The topological polar surface area (TPSA) is 108 Å². The zero-order valence-corrected chi connectivity index (χ0v) is 21.7. The lowest BCUT2D eigenvalue weighted by molar-refractivity contribution is -0.127. The molecule has 0 saturated carbocycles. The number of rotatable bonds is 10. The summed E-state index contributed by atoms with van der Waals surface area (Å²) < 4.78 is 18.2. The zero-order chi connectivity index (χ0) is 26.3. The second kappa shape index (κ2) is 11.9. The van der Waals surface area contributed by atoms with Crippen molar-refractivity contribution in [2.75, 3.05) is 27.3 Å². The first-order chi connectivity index (χ1) is 18.6. The number of piperidine rings is 1. The van der Waals surface area contributed by atoms with Crippen molar-refractivity contribution in [1.29, 1.82) is 0 Å². The Morgan fingerprint density at radius 1 is 1.08 bits per heavy atom. The number of likely N-dealkylation sites (tertiary alicyclic amines) is 1. The van der Waals surface area contributed by atoms with Crippen molar-refractivity contribution in [2.24, 2.45) is 5.92 Å². The van der Waals surface area contributed by atoms with Crippen molar-refractivity contribution in [3.8, 4) is 22.9 Å². The largest absolute Gasteiger partial charge is 0.493 e. The van der Waals surface area contributed by atoms with Gasteiger partial charge in [0.25, 0.3) is 0 Å². The fourth-order valence-corrected chi connectivity index (χ4v) is 4.70. The van der Waals surface area contributed by atoms with Crippen LogP contribution in [-0.2, 0) is 24.4 Å². The van der Waals surface area contributed by atoms with Gasteiger partial charge in [0.15, 0.2) is 11.5 Å². The van der Waals surface area contributed by atoms with Gasteiger partial charge in [-0.15, -0.1) is 0 Å². The average molecular weight is 517 g/mol. The van der Waals surface area contributed by atoms with Gasteiger partial charge in [-0.1, -0.05) is 29.4 Å². The molecule has 1 aliphatic heterocycles. The van der Waals surface area contributed by atoms with Crippen molar-refractivity contribution in [2.45, 2.75) is 32.5 Å². The van der Waals surface area contributed by atoms with Gasteiger partial charge in [0.1, 0.15) is 0 Å². The summed E-state index contributed by atoms with van der Waals surface area (Å²) >= 11 is 0. The van der Waals surface area contributed by atoms with Gasteiger partial charge in [0.2, 0.25) is 17.6 Å². The molecule has 1 aliphatic rings. The highest BCUT2D eigenvalue weighted by Gasteiger charge is 2.27. The molecule has 0 radical (unpaired) electrons. The predicted molar refractivity (Wildman–Crippen MR) is 140 cm³/mol. The van der Waals surface area contributed by atoms with E-state index in [1.165, 1.54) is 5.56 Å². The molecule has 10 heteroatoms. The van der Waals surface area contributed by atoms with Crippen LogP contribution in [0.3, 0.4) is 0 Å². The van der Waals surface area contributed by atoms with Crippen molar-refractivity contribution < 1.29 is 18.8 Å². The van der Waals surface area contributed by atoms with E-state index in [4.69, 9.17) is 14.0 Å². The predicted octanol–water partition coefficient (Wildman–Crippen LogP) is 3.53. The third-order valence-electron chi connectivity index (χ3n) is 6.76. The van der Waals surface area contributed by atoms with Crippen LogP contribution in [0.1, 0.15) is 29.9 Å². The lowest BCUT2D eigenvalue weighted by Crippen LogP contribution is -2.42. The molecule has 10 nitrogen and oxygen atoms in total.